The van der Waals surface area contributed by atoms with Crippen molar-refractivity contribution in [1.82, 2.24) is 0 Å². The maximum Gasteiger partial charge on any atom is 0.129 e. The smallest absolute Gasteiger partial charge is 0.129 e. The second-order valence-electron chi connectivity index (χ2n) is 1.24. The molecular weight excluding hydrogens is 74.9 g/mol. The van der Waals surface area contributed by atoms with Crippen molar-refractivity contribution in [3.05, 3.63) is 0 Å². The third-order valence-electron chi connectivity index (χ3n) is 0.496. The summed E-state index contributed by atoms with van der Waals surface area (Å²) in [6, 6.07) is 0. The minimum Gasteiger partial charge on any atom is -0.300 e. The van der Waals surface area contributed by atoms with Crippen LogP contribution in [0.15, 0.2) is 0 Å². The summed E-state index contributed by atoms with van der Waals surface area (Å²) in [7, 11) is 5.01. The monoisotopic (exact) mass is 82.1 g/mol. The molecule has 0 atom stereocenters. The molecule has 0 aromatic heterocycles. The quantitative estimate of drug-likeness (QED) is 0.444. The summed E-state index contributed by atoms with van der Waals surface area (Å²) in [6.45, 7) is 1.53. The Morgan fingerprint density at radius 2 is 2.33 bits per heavy atom. The molecule has 0 unspecified atom stereocenters. The normalized spacial score (nSPS) is 8.17. The van der Waals surface area contributed by atoms with E-state index in [0.717, 1.165) is 0 Å². The molecule has 0 aliphatic heterocycles. The molecule has 0 saturated heterocycles. The van der Waals surface area contributed by atoms with Crippen LogP contribution in [0.3, 0.4) is 0 Å². The second-order valence-corrected chi connectivity index (χ2v) is 1.24. The van der Waals surface area contributed by atoms with Gasteiger partial charge in [-0.05, 0) is 13.3 Å². The van der Waals surface area contributed by atoms with Crippen LogP contribution < -0.4 is 0 Å². The molecule has 0 N–H and O–H groups in total. The lowest BCUT2D eigenvalue weighted by atomic mass is 10.0. The highest BCUT2D eigenvalue weighted by atomic mass is 16.1. The maximum absolute atomic E-state index is 9.96. The van der Waals surface area contributed by atoms with Gasteiger partial charge >= 0.3 is 0 Å². The van der Waals surface area contributed by atoms with Crippen molar-refractivity contribution in [3.63, 3.8) is 0 Å². The average molecular weight is 81.9 g/mol. The van der Waals surface area contributed by atoms with Crippen molar-refractivity contribution in [3.8, 4) is 0 Å². The molecule has 0 aliphatic carbocycles. The van der Waals surface area contributed by atoms with Crippen LogP contribution in [-0.4, -0.2) is 13.6 Å². The number of Topliss-reactive ketones (excluding diaryl/α,β-unsaturated/α-hetero) is 1. The summed E-state index contributed by atoms with van der Waals surface area (Å²) in [6.07, 6.45) is 0.995. The van der Waals surface area contributed by atoms with Crippen LogP contribution in [0, 0.1) is 0 Å². The molecule has 0 heterocycles. The van der Waals surface area contributed by atoms with Crippen LogP contribution in [0.4, 0.5) is 0 Å². The van der Waals surface area contributed by atoms with Crippen molar-refractivity contribution >= 4 is 13.6 Å². The highest BCUT2D eigenvalue weighted by Crippen LogP contribution is 1.82. The van der Waals surface area contributed by atoms with Gasteiger partial charge in [0.1, 0.15) is 5.78 Å². The number of carbonyl (C=O) groups is 1. The fourth-order valence-corrected chi connectivity index (χ4v) is 0.203. The van der Waals surface area contributed by atoms with E-state index in [9.17, 15) is 4.79 Å². The summed E-state index contributed by atoms with van der Waals surface area (Å²) in [4.78, 5) is 9.96. The Labute approximate surface area is 39.1 Å². The zero-order chi connectivity index (χ0) is 4.99. The molecule has 0 bridgehead atoms. The average Bonchev–Trinajstić information content (AvgIpc) is 1.35. The van der Waals surface area contributed by atoms with E-state index in [0.29, 0.717) is 12.7 Å². The molecule has 0 aromatic rings. The molecule has 0 saturated carbocycles. The molecule has 2 heteroatoms. The topological polar surface area (TPSA) is 17.1 Å². The Kier molecular flexibility index (Phi) is 2.82. The van der Waals surface area contributed by atoms with E-state index in [-0.39, 0.29) is 5.78 Å². The van der Waals surface area contributed by atoms with Gasteiger partial charge in [-0.25, -0.2) is 0 Å². The van der Waals surface area contributed by atoms with Gasteiger partial charge in [-0.15, -0.1) is 0 Å². The van der Waals surface area contributed by atoms with Crippen LogP contribution in [0.1, 0.15) is 13.3 Å². The van der Waals surface area contributed by atoms with E-state index in [1.165, 1.54) is 6.92 Å². The van der Waals surface area contributed by atoms with Crippen LogP contribution >= 0.6 is 0 Å². The van der Waals surface area contributed by atoms with Gasteiger partial charge in [-0.1, -0.05) is 6.32 Å². The molecule has 1 nitrogen and oxygen atoms in total. The number of rotatable bonds is 2. The van der Waals surface area contributed by atoms with E-state index in [2.05, 4.69) is 0 Å². The van der Waals surface area contributed by atoms with Crippen molar-refractivity contribution in [2.45, 2.75) is 19.7 Å². The summed E-state index contributed by atoms with van der Waals surface area (Å²) in [5.74, 6) is 0.164. The van der Waals surface area contributed by atoms with E-state index >= 15 is 0 Å². The fourth-order valence-electron chi connectivity index (χ4n) is 0.203. The lowest BCUT2D eigenvalue weighted by Crippen LogP contribution is -1.85. The zero-order valence-corrected chi connectivity index (χ0v) is 3.90. The fraction of sp³-hybridized carbons (Fsp3) is 0.750. The first kappa shape index (κ1) is 5.73. The van der Waals surface area contributed by atoms with Crippen LogP contribution in [0.2, 0.25) is 6.32 Å². The maximum atomic E-state index is 9.96. The van der Waals surface area contributed by atoms with E-state index in [4.69, 9.17) is 7.85 Å². The molecule has 0 rings (SSSR count). The minimum atomic E-state index is 0.164. The highest BCUT2D eigenvalue weighted by molar-refractivity contribution is 6.09. The lowest BCUT2D eigenvalue weighted by Gasteiger charge is -1.80. The van der Waals surface area contributed by atoms with Crippen LogP contribution in [0.25, 0.3) is 0 Å². The predicted octanol–water partition coefficient (Wildman–Crippen LogP) is 0.552. The molecule has 0 aliphatic rings. The van der Waals surface area contributed by atoms with Gasteiger partial charge in [0.25, 0.3) is 0 Å². The van der Waals surface area contributed by atoms with E-state index in [1.807, 2.05) is 0 Å². The van der Waals surface area contributed by atoms with Crippen molar-refractivity contribution < 1.29 is 4.79 Å². The summed E-state index contributed by atoms with van der Waals surface area (Å²) >= 11 is 0. The Hall–Kier alpha value is -0.265. The second kappa shape index (κ2) is 2.95. The standard InChI is InChI=1S/C4H7BO/c1-4(6)2-3-5/h2-3H2,1H3. The van der Waals surface area contributed by atoms with Crippen molar-refractivity contribution in [2.24, 2.45) is 0 Å². The first-order chi connectivity index (χ1) is 2.77. The van der Waals surface area contributed by atoms with Crippen molar-refractivity contribution in [2.75, 3.05) is 0 Å². The minimum absolute atomic E-state index is 0.164. The highest BCUT2D eigenvalue weighted by Gasteiger charge is 1.83. The third-order valence-corrected chi connectivity index (χ3v) is 0.496. The van der Waals surface area contributed by atoms with Gasteiger partial charge in [0, 0.05) is 0 Å². The molecule has 32 valence electrons. The summed E-state index contributed by atoms with van der Waals surface area (Å²) in [5, 5.41) is 0. The van der Waals surface area contributed by atoms with Gasteiger partial charge in [0.15, 0.2) is 0 Å². The van der Waals surface area contributed by atoms with Crippen LogP contribution in [-0.2, 0) is 4.79 Å². The zero-order valence-electron chi connectivity index (χ0n) is 3.90. The Bertz CT molecular complexity index is 51.5. The molecule has 0 fully saturated rings. The molecule has 0 amide bonds. The molecule has 0 aromatic carbocycles. The number of carbonyl (C=O) groups excluding carboxylic acids is 1. The summed E-state index contributed by atoms with van der Waals surface area (Å²) < 4.78 is 0. The van der Waals surface area contributed by atoms with Gasteiger partial charge in [-0.2, -0.15) is 0 Å². The van der Waals surface area contributed by atoms with Gasteiger partial charge < -0.3 is 4.79 Å². The van der Waals surface area contributed by atoms with E-state index in [1.54, 1.807) is 0 Å². The van der Waals surface area contributed by atoms with Gasteiger partial charge in [0.2, 0.25) is 0 Å². The van der Waals surface area contributed by atoms with Gasteiger partial charge in [-0.3, -0.25) is 0 Å². The largest absolute Gasteiger partial charge is 0.300 e. The number of ketones is 1. The third kappa shape index (κ3) is 3.73. The Balaban J connectivity index is 2.83. The Morgan fingerprint density at radius 3 is 2.33 bits per heavy atom. The lowest BCUT2D eigenvalue weighted by molar-refractivity contribution is -0.116. The molecule has 0 spiro atoms. The SMILES string of the molecule is [B]CCC(C)=O. The van der Waals surface area contributed by atoms with E-state index < -0.39 is 0 Å². The number of hydrogen-bond donors (Lipinski definition) is 0. The Morgan fingerprint density at radius 1 is 1.83 bits per heavy atom. The number of hydrogen-bond acceptors (Lipinski definition) is 1. The molecular formula is C4H7BO. The van der Waals surface area contributed by atoms with Crippen LogP contribution in [0.5, 0.6) is 0 Å². The predicted molar refractivity (Wildman–Crippen MR) is 25.9 cm³/mol. The molecule has 6 heavy (non-hydrogen) atoms. The van der Waals surface area contributed by atoms with Gasteiger partial charge in [0.05, 0.1) is 7.85 Å². The first-order valence-corrected chi connectivity index (χ1v) is 1.97. The summed E-state index contributed by atoms with van der Waals surface area (Å²) in [5.41, 5.74) is 0. The molecule has 2 radical (unpaired) electrons. The first-order valence-electron chi connectivity index (χ1n) is 1.97. The van der Waals surface area contributed by atoms with Crippen molar-refractivity contribution in [1.29, 1.82) is 0 Å².